The summed E-state index contributed by atoms with van der Waals surface area (Å²) in [5, 5.41) is 3.71. The second kappa shape index (κ2) is 5.09. The molecule has 0 spiro atoms. The van der Waals surface area contributed by atoms with E-state index >= 15 is 0 Å². The first-order valence-electron chi connectivity index (χ1n) is 8.60. The van der Waals surface area contributed by atoms with Crippen molar-refractivity contribution in [3.8, 4) is 0 Å². The number of rotatable bonds is 6. The average Bonchev–Trinajstić information content (AvgIpc) is 3.35. The molecule has 4 rings (SSSR count). The fourth-order valence-corrected chi connectivity index (χ4v) is 4.01. The molecule has 0 radical (unpaired) electrons. The maximum Gasteiger partial charge on any atom is 0.203 e. The summed E-state index contributed by atoms with van der Waals surface area (Å²) in [5.74, 6) is 4.10. The van der Waals surface area contributed by atoms with E-state index in [0.717, 1.165) is 29.4 Å². The highest BCUT2D eigenvalue weighted by Crippen LogP contribution is 2.50. The Bertz CT molecular complexity index is 453. The minimum absolute atomic E-state index is 0.663. The number of aromatic nitrogens is 2. The highest BCUT2D eigenvalue weighted by atomic mass is 15.2. The van der Waals surface area contributed by atoms with Crippen molar-refractivity contribution in [2.24, 2.45) is 17.8 Å². The van der Waals surface area contributed by atoms with E-state index in [1.54, 1.807) is 0 Å². The Labute approximate surface area is 122 Å². The zero-order valence-electron chi connectivity index (χ0n) is 12.6. The van der Waals surface area contributed by atoms with E-state index in [1.165, 1.54) is 57.9 Å². The molecule has 20 heavy (non-hydrogen) atoms. The van der Waals surface area contributed by atoms with Gasteiger partial charge >= 0.3 is 0 Å². The van der Waals surface area contributed by atoms with E-state index in [2.05, 4.69) is 23.0 Å². The van der Waals surface area contributed by atoms with Gasteiger partial charge in [0.2, 0.25) is 5.95 Å². The second-order valence-electron chi connectivity index (χ2n) is 7.32. The Kier molecular flexibility index (Phi) is 3.24. The molecule has 3 saturated carbocycles. The largest absolute Gasteiger partial charge is 0.353 e. The number of hydrogen-bond donors (Lipinski definition) is 1. The molecular weight excluding hydrogens is 246 g/mol. The van der Waals surface area contributed by atoms with Gasteiger partial charge in [0, 0.05) is 18.8 Å². The van der Waals surface area contributed by atoms with Crippen molar-refractivity contribution in [2.75, 3.05) is 5.32 Å². The molecule has 3 aliphatic rings. The topological polar surface area (TPSA) is 29.9 Å². The SMILES string of the molecule is Cc1cn(CC(C2CC2)C2CC2)c(NC2CCCC2)n1. The van der Waals surface area contributed by atoms with Crippen LogP contribution in [0.5, 0.6) is 0 Å². The highest BCUT2D eigenvalue weighted by Gasteiger charge is 2.41. The minimum Gasteiger partial charge on any atom is -0.353 e. The summed E-state index contributed by atoms with van der Waals surface area (Å²) >= 11 is 0. The summed E-state index contributed by atoms with van der Waals surface area (Å²) in [6, 6.07) is 0.663. The predicted molar refractivity (Wildman–Crippen MR) is 81.8 cm³/mol. The molecule has 1 aromatic heterocycles. The number of imidazole rings is 1. The lowest BCUT2D eigenvalue weighted by Gasteiger charge is -2.20. The van der Waals surface area contributed by atoms with Gasteiger partial charge in [-0.05, 0) is 63.2 Å². The van der Waals surface area contributed by atoms with E-state index in [0.29, 0.717) is 6.04 Å². The molecule has 3 aliphatic carbocycles. The summed E-state index contributed by atoms with van der Waals surface area (Å²) in [7, 11) is 0. The normalized spacial score (nSPS) is 23.7. The zero-order chi connectivity index (χ0) is 13.5. The van der Waals surface area contributed by atoms with Crippen LogP contribution in [-0.2, 0) is 6.54 Å². The first-order chi connectivity index (χ1) is 9.79. The minimum atomic E-state index is 0.663. The van der Waals surface area contributed by atoms with Crippen molar-refractivity contribution in [1.82, 2.24) is 9.55 Å². The predicted octanol–water partition coefficient (Wildman–Crippen LogP) is 3.98. The Balaban J connectivity index is 1.48. The molecule has 0 bridgehead atoms. The molecule has 0 amide bonds. The van der Waals surface area contributed by atoms with Gasteiger partial charge in [-0.3, -0.25) is 0 Å². The second-order valence-corrected chi connectivity index (χ2v) is 7.32. The van der Waals surface area contributed by atoms with Crippen LogP contribution in [0.15, 0.2) is 6.20 Å². The third kappa shape index (κ3) is 2.72. The monoisotopic (exact) mass is 273 g/mol. The standard InChI is InChI=1S/C17H27N3/c1-12-10-20(11-16(13-6-7-13)14-8-9-14)17(18-12)19-15-4-2-3-5-15/h10,13-16H,2-9,11H2,1H3,(H,18,19). The quantitative estimate of drug-likeness (QED) is 0.849. The van der Waals surface area contributed by atoms with E-state index in [-0.39, 0.29) is 0 Å². The summed E-state index contributed by atoms with van der Waals surface area (Å²) in [5.41, 5.74) is 1.16. The van der Waals surface area contributed by atoms with Crippen LogP contribution in [0.25, 0.3) is 0 Å². The molecule has 3 nitrogen and oxygen atoms in total. The Morgan fingerprint density at radius 2 is 1.80 bits per heavy atom. The van der Waals surface area contributed by atoms with Gasteiger partial charge in [-0.1, -0.05) is 12.8 Å². The Morgan fingerprint density at radius 3 is 2.40 bits per heavy atom. The number of hydrogen-bond acceptors (Lipinski definition) is 2. The van der Waals surface area contributed by atoms with Crippen LogP contribution in [0.2, 0.25) is 0 Å². The lowest BCUT2D eigenvalue weighted by molar-refractivity contribution is 0.350. The molecule has 1 N–H and O–H groups in total. The molecule has 3 heteroatoms. The molecule has 3 fully saturated rings. The Hall–Kier alpha value is -0.990. The Morgan fingerprint density at radius 1 is 1.15 bits per heavy atom. The first kappa shape index (κ1) is 12.7. The van der Waals surface area contributed by atoms with Crippen molar-refractivity contribution in [1.29, 1.82) is 0 Å². The smallest absolute Gasteiger partial charge is 0.203 e. The average molecular weight is 273 g/mol. The van der Waals surface area contributed by atoms with Crippen LogP contribution < -0.4 is 5.32 Å². The summed E-state index contributed by atoms with van der Waals surface area (Å²) in [6.07, 6.45) is 13.5. The van der Waals surface area contributed by atoms with Gasteiger partial charge < -0.3 is 9.88 Å². The first-order valence-corrected chi connectivity index (χ1v) is 8.60. The van der Waals surface area contributed by atoms with E-state index < -0.39 is 0 Å². The third-order valence-corrected chi connectivity index (χ3v) is 5.45. The van der Waals surface area contributed by atoms with Crippen molar-refractivity contribution in [3.05, 3.63) is 11.9 Å². The van der Waals surface area contributed by atoms with Crippen molar-refractivity contribution in [2.45, 2.75) is 70.9 Å². The maximum atomic E-state index is 4.74. The van der Waals surface area contributed by atoms with Gasteiger partial charge in [-0.25, -0.2) is 4.98 Å². The highest BCUT2D eigenvalue weighted by molar-refractivity contribution is 5.30. The lowest BCUT2D eigenvalue weighted by atomic mass is 9.98. The van der Waals surface area contributed by atoms with Gasteiger partial charge in [0.25, 0.3) is 0 Å². The molecule has 0 aliphatic heterocycles. The molecule has 0 aromatic carbocycles. The van der Waals surface area contributed by atoms with Crippen LogP contribution in [0.4, 0.5) is 5.95 Å². The molecule has 110 valence electrons. The number of nitrogens with zero attached hydrogens (tertiary/aromatic N) is 2. The van der Waals surface area contributed by atoms with Crippen molar-refractivity contribution in [3.63, 3.8) is 0 Å². The van der Waals surface area contributed by atoms with Crippen LogP contribution in [0.1, 0.15) is 57.1 Å². The maximum absolute atomic E-state index is 4.74. The lowest BCUT2D eigenvalue weighted by Crippen LogP contribution is -2.21. The van der Waals surface area contributed by atoms with Crippen molar-refractivity contribution >= 4 is 5.95 Å². The molecule has 1 heterocycles. The zero-order valence-corrected chi connectivity index (χ0v) is 12.6. The van der Waals surface area contributed by atoms with Crippen LogP contribution in [0.3, 0.4) is 0 Å². The van der Waals surface area contributed by atoms with E-state index in [9.17, 15) is 0 Å². The summed E-state index contributed by atoms with van der Waals surface area (Å²) in [4.78, 5) is 4.74. The molecule has 0 unspecified atom stereocenters. The number of aryl methyl sites for hydroxylation is 1. The number of nitrogens with one attached hydrogen (secondary N) is 1. The molecule has 0 atom stereocenters. The van der Waals surface area contributed by atoms with Gasteiger partial charge in [0.15, 0.2) is 0 Å². The van der Waals surface area contributed by atoms with E-state index in [4.69, 9.17) is 4.98 Å². The van der Waals surface area contributed by atoms with Crippen LogP contribution >= 0.6 is 0 Å². The van der Waals surface area contributed by atoms with Crippen LogP contribution in [0, 0.1) is 24.7 Å². The molecular formula is C17H27N3. The van der Waals surface area contributed by atoms with Crippen LogP contribution in [-0.4, -0.2) is 15.6 Å². The fourth-order valence-electron chi connectivity index (χ4n) is 4.01. The van der Waals surface area contributed by atoms with E-state index in [1.807, 2.05) is 0 Å². The molecule has 0 saturated heterocycles. The van der Waals surface area contributed by atoms with Crippen molar-refractivity contribution < 1.29 is 0 Å². The summed E-state index contributed by atoms with van der Waals surface area (Å²) in [6.45, 7) is 3.32. The molecule has 1 aromatic rings. The third-order valence-electron chi connectivity index (χ3n) is 5.45. The summed E-state index contributed by atoms with van der Waals surface area (Å²) < 4.78 is 2.43. The number of anilines is 1. The van der Waals surface area contributed by atoms with Gasteiger partial charge in [0.1, 0.15) is 0 Å². The fraction of sp³-hybridized carbons (Fsp3) is 0.824. The van der Waals surface area contributed by atoms with Gasteiger partial charge in [-0.2, -0.15) is 0 Å². The van der Waals surface area contributed by atoms with Gasteiger partial charge in [-0.15, -0.1) is 0 Å². The van der Waals surface area contributed by atoms with Gasteiger partial charge in [0.05, 0.1) is 5.69 Å².